The second-order valence-electron chi connectivity index (χ2n) is 6.35. The van der Waals surface area contributed by atoms with Gasteiger partial charge in [-0.3, -0.25) is 0 Å². The van der Waals surface area contributed by atoms with Crippen LogP contribution in [0.25, 0.3) is 11.4 Å². The Morgan fingerprint density at radius 1 is 1.38 bits per heavy atom. The molecule has 110 valence electrons. The minimum atomic E-state index is -0.488. The number of hydrogen-bond acceptors (Lipinski definition) is 3. The molecule has 2 N–H and O–H groups in total. The number of hydrogen-bond donors (Lipinski definition) is 1. The highest BCUT2D eigenvalue weighted by Gasteiger charge is 2.32. The summed E-state index contributed by atoms with van der Waals surface area (Å²) in [5.41, 5.74) is 8.46. The summed E-state index contributed by atoms with van der Waals surface area (Å²) in [6.45, 7) is 4.33. The van der Waals surface area contributed by atoms with E-state index in [0.29, 0.717) is 11.4 Å². The van der Waals surface area contributed by atoms with Crippen molar-refractivity contribution >= 4 is 11.6 Å². The highest BCUT2D eigenvalue weighted by Crippen LogP contribution is 2.39. The predicted molar refractivity (Wildman–Crippen MR) is 81.5 cm³/mol. The van der Waals surface area contributed by atoms with Crippen molar-refractivity contribution in [2.75, 3.05) is 0 Å². The molecule has 3 nitrogen and oxygen atoms in total. The molecule has 0 radical (unpaired) electrons. The molecule has 0 aliphatic heterocycles. The van der Waals surface area contributed by atoms with Gasteiger partial charge >= 0.3 is 0 Å². The zero-order valence-electron chi connectivity index (χ0n) is 12.0. The summed E-state index contributed by atoms with van der Waals surface area (Å²) in [5, 5.41) is 0.0749. The van der Waals surface area contributed by atoms with Gasteiger partial charge in [0.25, 0.3) is 0 Å². The fourth-order valence-electron chi connectivity index (χ4n) is 2.91. The molecule has 0 spiro atoms. The molecule has 0 amide bonds. The molecule has 3 rings (SSSR count). The smallest absolute Gasteiger partial charge is 0.162 e. The SMILES string of the molecule is CC1(C)Cc2nc(-c3cccc(Cl)c3F)ncc2C(N)C1. The number of nitrogens with zero attached hydrogens (tertiary/aromatic N) is 2. The number of aromatic nitrogens is 2. The van der Waals surface area contributed by atoms with E-state index in [9.17, 15) is 4.39 Å². The molecule has 2 aromatic rings. The van der Waals surface area contributed by atoms with Crippen LogP contribution in [0, 0.1) is 11.2 Å². The largest absolute Gasteiger partial charge is 0.324 e. The first-order chi connectivity index (χ1) is 9.87. The molecule has 0 fully saturated rings. The Morgan fingerprint density at radius 3 is 2.90 bits per heavy atom. The van der Waals surface area contributed by atoms with E-state index in [1.54, 1.807) is 18.3 Å². The standard InChI is InChI=1S/C16H17ClFN3/c1-16(2)6-12(19)10-8-20-15(21-13(10)7-16)9-4-3-5-11(17)14(9)18/h3-5,8,12H,6-7,19H2,1-2H3. The predicted octanol–water partition coefficient (Wildman–Crippen LogP) is 3.91. The van der Waals surface area contributed by atoms with Crippen LogP contribution in [0.15, 0.2) is 24.4 Å². The highest BCUT2D eigenvalue weighted by molar-refractivity contribution is 6.31. The maximum Gasteiger partial charge on any atom is 0.162 e. The normalized spacial score (nSPS) is 20.1. The van der Waals surface area contributed by atoms with E-state index in [-0.39, 0.29) is 16.5 Å². The van der Waals surface area contributed by atoms with Crippen LogP contribution < -0.4 is 5.73 Å². The Balaban J connectivity index is 2.10. The molecule has 5 heteroatoms. The molecule has 1 aliphatic carbocycles. The van der Waals surface area contributed by atoms with Crippen molar-refractivity contribution in [3.63, 3.8) is 0 Å². The van der Waals surface area contributed by atoms with Gasteiger partial charge in [0.1, 0.15) is 0 Å². The van der Waals surface area contributed by atoms with Crippen LogP contribution in [-0.2, 0) is 6.42 Å². The summed E-state index contributed by atoms with van der Waals surface area (Å²) in [4.78, 5) is 8.81. The van der Waals surface area contributed by atoms with Gasteiger partial charge in [0.05, 0.1) is 10.6 Å². The van der Waals surface area contributed by atoms with Gasteiger partial charge in [-0.05, 0) is 30.4 Å². The summed E-state index contributed by atoms with van der Waals surface area (Å²) in [7, 11) is 0. The van der Waals surface area contributed by atoms with E-state index in [1.165, 1.54) is 6.07 Å². The number of fused-ring (bicyclic) bond motifs is 1. The minimum Gasteiger partial charge on any atom is -0.324 e. The topological polar surface area (TPSA) is 51.8 Å². The number of benzene rings is 1. The summed E-state index contributed by atoms with van der Waals surface area (Å²) < 4.78 is 14.1. The molecule has 0 bridgehead atoms. The molecule has 0 saturated heterocycles. The average Bonchev–Trinajstić information content (AvgIpc) is 2.40. The number of nitrogens with two attached hydrogens (primary N) is 1. The number of halogens is 2. The van der Waals surface area contributed by atoms with Crippen LogP contribution in [0.3, 0.4) is 0 Å². The van der Waals surface area contributed by atoms with Crippen molar-refractivity contribution in [1.82, 2.24) is 9.97 Å². The first-order valence-corrected chi connectivity index (χ1v) is 7.31. The zero-order valence-corrected chi connectivity index (χ0v) is 12.8. The molecule has 1 aliphatic rings. The van der Waals surface area contributed by atoms with Gasteiger partial charge in [0, 0.05) is 23.5 Å². The van der Waals surface area contributed by atoms with E-state index in [1.807, 2.05) is 0 Å². The monoisotopic (exact) mass is 305 g/mol. The molecule has 1 heterocycles. The first-order valence-electron chi connectivity index (χ1n) is 6.93. The molecular formula is C16H17ClFN3. The van der Waals surface area contributed by atoms with Crippen molar-refractivity contribution in [2.24, 2.45) is 11.1 Å². The Labute approximate surface area is 128 Å². The first kappa shape index (κ1) is 14.4. The van der Waals surface area contributed by atoms with Crippen LogP contribution in [0.5, 0.6) is 0 Å². The second kappa shape index (κ2) is 5.04. The van der Waals surface area contributed by atoms with Gasteiger partial charge < -0.3 is 5.73 Å². The van der Waals surface area contributed by atoms with Crippen molar-refractivity contribution in [2.45, 2.75) is 32.7 Å². The quantitative estimate of drug-likeness (QED) is 0.869. The number of rotatable bonds is 1. The van der Waals surface area contributed by atoms with E-state index in [2.05, 4.69) is 23.8 Å². The fraction of sp³-hybridized carbons (Fsp3) is 0.375. The van der Waals surface area contributed by atoms with Gasteiger partial charge in [0.15, 0.2) is 11.6 Å². The average molecular weight is 306 g/mol. The van der Waals surface area contributed by atoms with Gasteiger partial charge in [0.2, 0.25) is 0 Å². The third kappa shape index (κ3) is 2.65. The third-order valence-electron chi connectivity index (χ3n) is 3.91. The maximum absolute atomic E-state index is 14.1. The highest BCUT2D eigenvalue weighted by atomic mass is 35.5. The summed E-state index contributed by atoms with van der Waals surface area (Å²) in [6, 6.07) is 4.77. The Bertz CT molecular complexity index is 700. The van der Waals surface area contributed by atoms with Crippen molar-refractivity contribution in [3.05, 3.63) is 46.5 Å². The van der Waals surface area contributed by atoms with Gasteiger partial charge in [-0.15, -0.1) is 0 Å². The summed E-state index contributed by atoms with van der Waals surface area (Å²) in [6.07, 6.45) is 3.43. The lowest BCUT2D eigenvalue weighted by atomic mass is 9.74. The molecule has 1 atom stereocenters. The van der Waals surface area contributed by atoms with Crippen molar-refractivity contribution in [3.8, 4) is 11.4 Å². The Hall–Kier alpha value is -1.52. The summed E-state index contributed by atoms with van der Waals surface area (Å²) in [5.74, 6) is -0.128. The van der Waals surface area contributed by atoms with Crippen LogP contribution >= 0.6 is 11.6 Å². The Kier molecular flexibility index (Phi) is 3.46. The fourth-order valence-corrected chi connectivity index (χ4v) is 3.09. The molecule has 1 aromatic carbocycles. The lowest BCUT2D eigenvalue weighted by molar-refractivity contribution is 0.278. The van der Waals surface area contributed by atoms with E-state index in [4.69, 9.17) is 17.3 Å². The molecule has 0 saturated carbocycles. The van der Waals surface area contributed by atoms with Crippen LogP contribution in [0.4, 0.5) is 4.39 Å². The molecule has 1 aromatic heterocycles. The third-order valence-corrected chi connectivity index (χ3v) is 4.20. The van der Waals surface area contributed by atoms with E-state index < -0.39 is 5.82 Å². The van der Waals surface area contributed by atoms with E-state index >= 15 is 0 Å². The van der Waals surface area contributed by atoms with Gasteiger partial charge in [-0.2, -0.15) is 0 Å². The summed E-state index contributed by atoms with van der Waals surface area (Å²) >= 11 is 5.83. The molecular weight excluding hydrogens is 289 g/mol. The van der Waals surface area contributed by atoms with Crippen LogP contribution in [0.1, 0.15) is 37.6 Å². The lowest BCUT2D eigenvalue weighted by Crippen LogP contribution is -2.30. The Morgan fingerprint density at radius 2 is 2.14 bits per heavy atom. The van der Waals surface area contributed by atoms with Gasteiger partial charge in [-0.25, -0.2) is 14.4 Å². The van der Waals surface area contributed by atoms with Gasteiger partial charge in [-0.1, -0.05) is 31.5 Å². The molecule has 1 unspecified atom stereocenters. The lowest BCUT2D eigenvalue weighted by Gasteiger charge is -2.34. The van der Waals surface area contributed by atoms with Crippen LogP contribution in [-0.4, -0.2) is 9.97 Å². The minimum absolute atomic E-state index is 0.0676. The maximum atomic E-state index is 14.1. The van der Waals surface area contributed by atoms with Crippen LogP contribution in [0.2, 0.25) is 5.02 Å². The van der Waals surface area contributed by atoms with Crippen molar-refractivity contribution < 1.29 is 4.39 Å². The second-order valence-corrected chi connectivity index (χ2v) is 6.76. The van der Waals surface area contributed by atoms with E-state index in [0.717, 1.165) is 24.1 Å². The molecule has 21 heavy (non-hydrogen) atoms. The van der Waals surface area contributed by atoms with Crippen molar-refractivity contribution in [1.29, 1.82) is 0 Å². The zero-order chi connectivity index (χ0) is 15.2.